The molecule has 2 aromatic carbocycles. The zero-order valence-corrected chi connectivity index (χ0v) is 16.5. The van der Waals surface area contributed by atoms with Crippen LogP contribution >= 0.6 is 11.6 Å². The fourth-order valence-corrected chi connectivity index (χ4v) is 3.84. The van der Waals surface area contributed by atoms with E-state index in [4.69, 9.17) is 11.6 Å². The van der Waals surface area contributed by atoms with Crippen molar-refractivity contribution in [3.05, 3.63) is 59.1 Å². The molecule has 0 aliphatic heterocycles. The van der Waals surface area contributed by atoms with E-state index in [1.54, 1.807) is 41.3 Å². The van der Waals surface area contributed by atoms with Gasteiger partial charge in [-0.05, 0) is 43.7 Å². The summed E-state index contributed by atoms with van der Waals surface area (Å²) in [6.45, 7) is 5.20. The maximum Gasteiger partial charge on any atom is 0.261 e. The number of amides is 1. The number of para-hydroxylation sites is 1. The molecule has 0 aromatic heterocycles. The van der Waals surface area contributed by atoms with Gasteiger partial charge in [-0.15, -0.1) is 0 Å². The van der Waals surface area contributed by atoms with Crippen LogP contribution in [0.5, 0.6) is 0 Å². The zero-order valence-electron chi connectivity index (χ0n) is 14.9. The fraction of sp³-hybridized carbons (Fsp3) is 0.316. The van der Waals surface area contributed by atoms with Crippen molar-refractivity contribution in [2.75, 3.05) is 17.8 Å². The van der Waals surface area contributed by atoms with Gasteiger partial charge in [0.1, 0.15) is 0 Å². The van der Waals surface area contributed by atoms with Crippen LogP contribution < -0.4 is 4.72 Å². The Labute approximate surface area is 160 Å². The molecule has 0 unspecified atom stereocenters. The molecule has 140 valence electrons. The highest BCUT2D eigenvalue weighted by Crippen LogP contribution is 2.24. The maximum absolute atomic E-state index is 12.7. The van der Waals surface area contributed by atoms with Gasteiger partial charge >= 0.3 is 0 Å². The number of nitrogens with zero attached hydrogens (tertiary/aromatic N) is 1. The quantitative estimate of drug-likeness (QED) is 0.721. The van der Waals surface area contributed by atoms with Crippen LogP contribution in [0.2, 0.25) is 5.02 Å². The Hall–Kier alpha value is -2.05. The molecule has 0 spiro atoms. The Morgan fingerprint density at radius 1 is 1.12 bits per heavy atom. The van der Waals surface area contributed by atoms with Gasteiger partial charge in [-0.25, -0.2) is 8.42 Å². The molecule has 1 N–H and O–H groups in total. The van der Waals surface area contributed by atoms with E-state index in [1.807, 2.05) is 6.92 Å². The van der Waals surface area contributed by atoms with Gasteiger partial charge in [0.2, 0.25) is 0 Å². The Bertz CT molecular complexity index is 869. The summed E-state index contributed by atoms with van der Waals surface area (Å²) in [4.78, 5) is 14.4. The summed E-state index contributed by atoms with van der Waals surface area (Å²) in [7, 11) is -3.85. The van der Waals surface area contributed by atoms with Crippen LogP contribution in [0.1, 0.15) is 37.0 Å². The molecular weight excluding hydrogens is 372 g/mol. The number of anilines is 1. The van der Waals surface area contributed by atoms with Crippen LogP contribution in [0, 0.1) is 0 Å². The van der Waals surface area contributed by atoms with Crippen LogP contribution in [0.25, 0.3) is 0 Å². The molecule has 0 atom stereocenters. The highest BCUT2D eigenvalue weighted by atomic mass is 35.5. The van der Waals surface area contributed by atoms with Crippen molar-refractivity contribution in [3.8, 4) is 0 Å². The van der Waals surface area contributed by atoms with Gasteiger partial charge in [0, 0.05) is 18.7 Å². The van der Waals surface area contributed by atoms with Crippen molar-refractivity contribution < 1.29 is 13.2 Å². The van der Waals surface area contributed by atoms with Gasteiger partial charge in [-0.1, -0.05) is 43.1 Å². The largest absolute Gasteiger partial charge is 0.339 e. The Morgan fingerprint density at radius 3 is 2.50 bits per heavy atom. The van der Waals surface area contributed by atoms with Crippen LogP contribution in [0.15, 0.2) is 53.4 Å². The summed E-state index contributed by atoms with van der Waals surface area (Å²) in [5, 5.41) is 0.306. The second-order valence-corrected chi connectivity index (χ2v) is 7.94. The smallest absolute Gasteiger partial charge is 0.261 e. The Kier molecular flexibility index (Phi) is 7.06. The number of benzene rings is 2. The van der Waals surface area contributed by atoms with Crippen molar-refractivity contribution in [2.24, 2.45) is 0 Å². The van der Waals surface area contributed by atoms with Gasteiger partial charge in [-0.2, -0.15) is 0 Å². The summed E-state index contributed by atoms with van der Waals surface area (Å²) >= 11 is 6.02. The predicted octanol–water partition coefficient (Wildman–Crippen LogP) is 4.40. The highest BCUT2D eigenvalue weighted by Gasteiger charge is 2.19. The molecule has 7 heteroatoms. The Morgan fingerprint density at radius 2 is 1.85 bits per heavy atom. The maximum atomic E-state index is 12.7. The normalized spacial score (nSPS) is 11.2. The van der Waals surface area contributed by atoms with E-state index >= 15 is 0 Å². The van der Waals surface area contributed by atoms with Gasteiger partial charge in [-0.3, -0.25) is 9.52 Å². The van der Waals surface area contributed by atoms with Crippen LogP contribution in [0.4, 0.5) is 5.69 Å². The molecule has 1 amide bonds. The summed E-state index contributed by atoms with van der Waals surface area (Å²) in [6.07, 6.45) is 1.89. The molecule has 0 saturated carbocycles. The highest BCUT2D eigenvalue weighted by molar-refractivity contribution is 7.92. The molecule has 0 bridgehead atoms. The minimum Gasteiger partial charge on any atom is -0.339 e. The minimum absolute atomic E-state index is 0.0230. The van der Waals surface area contributed by atoms with E-state index in [0.29, 0.717) is 29.4 Å². The third-order valence-corrected chi connectivity index (χ3v) is 5.65. The lowest BCUT2D eigenvalue weighted by molar-refractivity contribution is 0.0762. The van der Waals surface area contributed by atoms with Crippen molar-refractivity contribution in [1.82, 2.24) is 4.90 Å². The molecule has 26 heavy (non-hydrogen) atoms. The molecule has 2 rings (SSSR count). The molecule has 0 heterocycles. The number of hydrogen-bond acceptors (Lipinski definition) is 3. The van der Waals surface area contributed by atoms with Gasteiger partial charge < -0.3 is 4.90 Å². The average molecular weight is 395 g/mol. The first kappa shape index (κ1) is 20.3. The summed E-state index contributed by atoms with van der Waals surface area (Å²) in [5.41, 5.74) is 0.647. The first-order valence-corrected chi connectivity index (χ1v) is 10.4. The molecular formula is C19H23ClN2O3S. The topological polar surface area (TPSA) is 66.5 Å². The van der Waals surface area contributed by atoms with Gasteiger partial charge in [0.05, 0.1) is 15.6 Å². The third-order valence-electron chi connectivity index (χ3n) is 3.96. The first-order valence-electron chi connectivity index (χ1n) is 8.55. The number of carbonyl (C=O) groups excluding carboxylic acids is 1. The molecule has 0 fully saturated rings. The summed E-state index contributed by atoms with van der Waals surface area (Å²) in [6, 6.07) is 12.7. The summed E-state index contributed by atoms with van der Waals surface area (Å²) in [5.74, 6) is -0.171. The molecule has 0 saturated heterocycles. The van der Waals surface area contributed by atoms with E-state index in [1.165, 1.54) is 12.1 Å². The lowest BCUT2D eigenvalue weighted by Crippen LogP contribution is -2.31. The first-order chi connectivity index (χ1) is 12.4. The van der Waals surface area contributed by atoms with E-state index in [9.17, 15) is 13.2 Å². The lowest BCUT2D eigenvalue weighted by atomic mass is 10.2. The van der Waals surface area contributed by atoms with E-state index in [-0.39, 0.29) is 10.8 Å². The van der Waals surface area contributed by atoms with Crippen LogP contribution in [0.3, 0.4) is 0 Å². The van der Waals surface area contributed by atoms with Crippen molar-refractivity contribution >= 4 is 33.2 Å². The molecule has 5 nitrogen and oxygen atoms in total. The fourth-order valence-electron chi connectivity index (χ4n) is 2.48. The van der Waals surface area contributed by atoms with Gasteiger partial charge in [0.25, 0.3) is 15.9 Å². The van der Waals surface area contributed by atoms with E-state index in [0.717, 1.165) is 12.8 Å². The molecule has 0 radical (unpaired) electrons. The molecule has 2 aromatic rings. The van der Waals surface area contributed by atoms with Crippen molar-refractivity contribution in [2.45, 2.75) is 31.6 Å². The van der Waals surface area contributed by atoms with E-state index in [2.05, 4.69) is 11.6 Å². The molecule has 0 aliphatic carbocycles. The third kappa shape index (κ3) is 4.99. The standard InChI is InChI=1S/C19H23ClN2O3S/c1-3-5-13-22(4-2)19(23)15-9-8-10-16(14-15)26(24,25)21-18-12-7-6-11-17(18)20/h6-12,14,21H,3-5,13H2,1-2H3. The van der Waals surface area contributed by atoms with Crippen LogP contribution in [-0.2, 0) is 10.0 Å². The number of nitrogens with one attached hydrogen (secondary N) is 1. The number of unbranched alkanes of at least 4 members (excludes halogenated alkanes) is 1. The predicted molar refractivity (Wildman–Crippen MR) is 105 cm³/mol. The van der Waals surface area contributed by atoms with Crippen molar-refractivity contribution in [1.29, 1.82) is 0 Å². The SMILES string of the molecule is CCCCN(CC)C(=O)c1cccc(S(=O)(=O)Nc2ccccc2Cl)c1. The second-order valence-electron chi connectivity index (χ2n) is 5.85. The average Bonchev–Trinajstić information content (AvgIpc) is 2.64. The monoisotopic (exact) mass is 394 g/mol. The number of halogens is 1. The molecule has 0 aliphatic rings. The van der Waals surface area contributed by atoms with Crippen molar-refractivity contribution in [3.63, 3.8) is 0 Å². The lowest BCUT2D eigenvalue weighted by Gasteiger charge is -2.21. The second kappa shape index (κ2) is 9.05. The zero-order chi connectivity index (χ0) is 19.2. The number of carbonyl (C=O) groups is 1. The number of hydrogen-bond donors (Lipinski definition) is 1. The van der Waals surface area contributed by atoms with E-state index < -0.39 is 10.0 Å². The number of rotatable bonds is 8. The number of sulfonamides is 1. The minimum atomic E-state index is -3.85. The van der Waals surface area contributed by atoms with Gasteiger partial charge in [0.15, 0.2) is 0 Å². The van der Waals surface area contributed by atoms with Crippen LogP contribution in [-0.4, -0.2) is 32.3 Å². The summed E-state index contributed by atoms with van der Waals surface area (Å²) < 4.78 is 27.8. The Balaban J connectivity index is 2.27.